The summed E-state index contributed by atoms with van der Waals surface area (Å²) in [4.78, 5) is 0. The van der Waals surface area contributed by atoms with Gasteiger partial charge in [-0.1, -0.05) is 29.3 Å². The van der Waals surface area contributed by atoms with Crippen molar-refractivity contribution in [3.63, 3.8) is 0 Å². The maximum Gasteiger partial charge on any atom is 0.127 e. The molecule has 0 radical (unpaired) electrons. The van der Waals surface area contributed by atoms with E-state index >= 15 is 0 Å². The van der Waals surface area contributed by atoms with Crippen molar-refractivity contribution in [3.05, 3.63) is 27.7 Å². The number of hydrogen-bond acceptors (Lipinski definition) is 3. The van der Waals surface area contributed by atoms with Gasteiger partial charge in [0.25, 0.3) is 0 Å². The van der Waals surface area contributed by atoms with Gasteiger partial charge in [0.1, 0.15) is 5.75 Å². The first kappa shape index (κ1) is 17.5. The highest BCUT2D eigenvalue weighted by molar-refractivity contribution is 9.10. The molecule has 3 nitrogen and oxygen atoms in total. The van der Waals surface area contributed by atoms with E-state index in [1.807, 2.05) is 0 Å². The van der Waals surface area contributed by atoms with Gasteiger partial charge in [-0.3, -0.25) is 0 Å². The van der Waals surface area contributed by atoms with Gasteiger partial charge in [-0.2, -0.15) is 0 Å². The summed E-state index contributed by atoms with van der Waals surface area (Å²) in [6.45, 7) is 8.76. The van der Waals surface area contributed by atoms with E-state index in [2.05, 4.69) is 54.2 Å². The summed E-state index contributed by atoms with van der Waals surface area (Å²) in [5, 5.41) is 3.38. The van der Waals surface area contributed by atoms with Crippen molar-refractivity contribution in [1.82, 2.24) is 5.32 Å². The molecule has 1 aromatic carbocycles. The van der Waals surface area contributed by atoms with Crippen molar-refractivity contribution in [2.24, 2.45) is 0 Å². The number of benzene rings is 1. The summed E-state index contributed by atoms with van der Waals surface area (Å²) in [5.74, 6) is 1.01. The second-order valence-electron chi connectivity index (χ2n) is 5.10. The number of halogens is 1. The van der Waals surface area contributed by atoms with Crippen LogP contribution in [0.4, 0.5) is 0 Å². The molecule has 0 aromatic heterocycles. The van der Waals surface area contributed by atoms with Crippen LogP contribution in [0, 0.1) is 6.92 Å². The molecule has 1 N–H and O–H groups in total. The van der Waals surface area contributed by atoms with Crippen molar-refractivity contribution in [2.45, 2.75) is 46.3 Å². The minimum absolute atomic E-state index is 0.248. The fraction of sp³-hybridized carbons (Fsp3) is 0.625. The molecule has 0 amide bonds. The third kappa shape index (κ3) is 5.81. The summed E-state index contributed by atoms with van der Waals surface area (Å²) in [6.07, 6.45) is 2.46. The number of methoxy groups -OCH3 is 1. The van der Waals surface area contributed by atoms with Crippen LogP contribution in [0.15, 0.2) is 16.6 Å². The molecule has 114 valence electrons. The summed E-state index contributed by atoms with van der Waals surface area (Å²) in [7, 11) is 1.71. The lowest BCUT2D eigenvalue weighted by Crippen LogP contribution is -2.20. The van der Waals surface area contributed by atoms with Gasteiger partial charge < -0.3 is 14.8 Å². The highest BCUT2D eigenvalue weighted by atomic mass is 79.9. The quantitative estimate of drug-likeness (QED) is 0.685. The molecule has 0 heterocycles. The van der Waals surface area contributed by atoms with E-state index in [0.717, 1.165) is 42.8 Å². The van der Waals surface area contributed by atoms with Gasteiger partial charge in [-0.05, 0) is 38.0 Å². The van der Waals surface area contributed by atoms with Crippen molar-refractivity contribution < 1.29 is 9.47 Å². The standard InChI is InChI=1S/C16H26BrNO2/c1-5-6-13(3)20-16-12(2)9-15(17)10-14(16)11-18-7-8-19-4/h9-10,13,18H,5-8,11H2,1-4H3. The van der Waals surface area contributed by atoms with Crippen LogP contribution in [0.25, 0.3) is 0 Å². The van der Waals surface area contributed by atoms with E-state index in [1.165, 1.54) is 11.1 Å². The van der Waals surface area contributed by atoms with Crippen molar-refractivity contribution in [3.8, 4) is 5.75 Å². The Morgan fingerprint density at radius 2 is 2.10 bits per heavy atom. The minimum Gasteiger partial charge on any atom is -0.490 e. The number of rotatable bonds is 9. The van der Waals surface area contributed by atoms with Gasteiger partial charge in [0, 0.05) is 30.2 Å². The van der Waals surface area contributed by atoms with Gasteiger partial charge in [0.05, 0.1) is 12.7 Å². The molecule has 1 unspecified atom stereocenters. The lowest BCUT2D eigenvalue weighted by atomic mass is 10.1. The predicted molar refractivity (Wildman–Crippen MR) is 87.5 cm³/mol. The monoisotopic (exact) mass is 343 g/mol. The molecule has 0 fully saturated rings. The van der Waals surface area contributed by atoms with E-state index in [4.69, 9.17) is 9.47 Å². The highest BCUT2D eigenvalue weighted by Gasteiger charge is 2.12. The molecule has 1 rings (SSSR count). The molecule has 20 heavy (non-hydrogen) atoms. The Hall–Kier alpha value is -0.580. The lowest BCUT2D eigenvalue weighted by molar-refractivity contribution is 0.196. The van der Waals surface area contributed by atoms with Crippen LogP contribution < -0.4 is 10.1 Å². The molecular weight excluding hydrogens is 318 g/mol. The summed E-state index contributed by atoms with van der Waals surface area (Å²) in [5.41, 5.74) is 2.36. The zero-order chi connectivity index (χ0) is 15.0. The molecule has 0 spiro atoms. The molecule has 0 bridgehead atoms. The molecule has 0 aliphatic carbocycles. The van der Waals surface area contributed by atoms with Crippen LogP contribution in [-0.2, 0) is 11.3 Å². The second-order valence-corrected chi connectivity index (χ2v) is 6.01. The fourth-order valence-corrected chi connectivity index (χ4v) is 2.78. The van der Waals surface area contributed by atoms with Crippen LogP contribution in [0.3, 0.4) is 0 Å². The average molecular weight is 344 g/mol. The van der Waals surface area contributed by atoms with E-state index < -0.39 is 0 Å². The van der Waals surface area contributed by atoms with E-state index in [1.54, 1.807) is 7.11 Å². The van der Waals surface area contributed by atoms with Crippen LogP contribution in [0.5, 0.6) is 5.75 Å². The summed E-state index contributed by atoms with van der Waals surface area (Å²) in [6, 6.07) is 4.23. The molecule has 1 atom stereocenters. The topological polar surface area (TPSA) is 30.5 Å². The molecular formula is C16H26BrNO2. The van der Waals surface area contributed by atoms with Crippen LogP contribution >= 0.6 is 15.9 Å². The Morgan fingerprint density at radius 1 is 1.35 bits per heavy atom. The molecule has 0 saturated heterocycles. The number of hydrogen-bond donors (Lipinski definition) is 1. The van der Waals surface area contributed by atoms with Crippen LogP contribution in [0.1, 0.15) is 37.8 Å². The van der Waals surface area contributed by atoms with E-state index in [-0.39, 0.29) is 6.10 Å². The minimum atomic E-state index is 0.248. The Balaban J connectivity index is 2.78. The van der Waals surface area contributed by atoms with Gasteiger partial charge >= 0.3 is 0 Å². The maximum atomic E-state index is 6.14. The first-order valence-corrected chi connectivity index (χ1v) is 8.03. The molecule has 0 aliphatic heterocycles. The smallest absolute Gasteiger partial charge is 0.127 e. The predicted octanol–water partition coefficient (Wildman–Crippen LogP) is 4.06. The summed E-state index contributed by atoms with van der Waals surface area (Å²) >= 11 is 3.56. The first-order valence-electron chi connectivity index (χ1n) is 7.23. The second kappa shape index (κ2) is 9.37. The maximum absolute atomic E-state index is 6.14. The molecule has 0 saturated carbocycles. The molecule has 1 aromatic rings. The van der Waals surface area contributed by atoms with E-state index in [9.17, 15) is 0 Å². The lowest BCUT2D eigenvalue weighted by Gasteiger charge is -2.20. The number of ether oxygens (including phenoxy) is 2. The Morgan fingerprint density at radius 3 is 2.75 bits per heavy atom. The van der Waals surface area contributed by atoms with Crippen molar-refractivity contribution >= 4 is 15.9 Å². The Labute approximate surface area is 131 Å². The highest BCUT2D eigenvalue weighted by Crippen LogP contribution is 2.29. The zero-order valence-electron chi connectivity index (χ0n) is 13.0. The van der Waals surface area contributed by atoms with Gasteiger partial charge in [-0.15, -0.1) is 0 Å². The molecule has 0 aliphatic rings. The average Bonchev–Trinajstić information content (AvgIpc) is 2.38. The SMILES string of the molecule is CCCC(C)Oc1c(C)cc(Br)cc1CNCCOC. The third-order valence-electron chi connectivity index (χ3n) is 3.13. The third-order valence-corrected chi connectivity index (χ3v) is 3.59. The zero-order valence-corrected chi connectivity index (χ0v) is 14.5. The van der Waals surface area contributed by atoms with Crippen molar-refractivity contribution in [1.29, 1.82) is 0 Å². The Kier molecular flexibility index (Phi) is 8.19. The molecule has 4 heteroatoms. The van der Waals surface area contributed by atoms with Crippen LogP contribution in [0.2, 0.25) is 0 Å². The fourth-order valence-electron chi connectivity index (χ4n) is 2.16. The largest absolute Gasteiger partial charge is 0.490 e. The van der Waals surface area contributed by atoms with E-state index in [0.29, 0.717) is 0 Å². The number of aryl methyl sites for hydroxylation is 1. The van der Waals surface area contributed by atoms with Gasteiger partial charge in [0.2, 0.25) is 0 Å². The Bertz CT molecular complexity index is 410. The normalized spacial score (nSPS) is 12.4. The van der Waals surface area contributed by atoms with Crippen molar-refractivity contribution in [2.75, 3.05) is 20.3 Å². The summed E-state index contributed by atoms with van der Waals surface area (Å²) < 4.78 is 12.3. The van der Waals surface area contributed by atoms with Gasteiger partial charge in [0.15, 0.2) is 0 Å². The van der Waals surface area contributed by atoms with Crippen LogP contribution in [-0.4, -0.2) is 26.4 Å². The number of nitrogens with one attached hydrogen (secondary N) is 1. The first-order chi connectivity index (χ1) is 9.58. The van der Waals surface area contributed by atoms with Gasteiger partial charge in [-0.25, -0.2) is 0 Å².